The van der Waals surface area contributed by atoms with E-state index in [1.54, 1.807) is 0 Å². The van der Waals surface area contributed by atoms with Crippen LogP contribution >= 0.6 is 0 Å². The van der Waals surface area contributed by atoms with Gasteiger partial charge in [0.25, 0.3) is 0 Å². The van der Waals surface area contributed by atoms with E-state index < -0.39 is 0 Å². The van der Waals surface area contributed by atoms with Crippen LogP contribution in [0.2, 0.25) is 0 Å². The highest BCUT2D eigenvalue weighted by Crippen LogP contribution is 2.26. The lowest BCUT2D eigenvalue weighted by Gasteiger charge is -2.33. The van der Waals surface area contributed by atoms with Gasteiger partial charge in [0.1, 0.15) is 0 Å². The van der Waals surface area contributed by atoms with Crippen LogP contribution in [0.3, 0.4) is 0 Å². The van der Waals surface area contributed by atoms with E-state index in [9.17, 15) is 4.79 Å². The van der Waals surface area contributed by atoms with Crippen molar-refractivity contribution in [1.29, 1.82) is 0 Å². The van der Waals surface area contributed by atoms with Crippen molar-refractivity contribution in [2.75, 3.05) is 39.8 Å². The Morgan fingerprint density at radius 3 is 2.29 bits per heavy atom. The Hall–Kier alpha value is -0.610. The standard InChI is InChI=1S/C13H27N3O/c1-13(2,6-7-14)5-4-12(17)16-10-8-15(3)9-11-16/h4-11,14H2,1-3H3. The lowest BCUT2D eigenvalue weighted by molar-refractivity contribution is -0.133. The number of carbonyl (C=O) groups excluding carboxylic acids is 1. The fraction of sp³-hybridized carbons (Fsp3) is 0.923. The summed E-state index contributed by atoms with van der Waals surface area (Å²) in [6.07, 6.45) is 2.59. The predicted octanol–water partition coefficient (Wildman–Crippen LogP) is 0.916. The van der Waals surface area contributed by atoms with Gasteiger partial charge in [-0.15, -0.1) is 0 Å². The summed E-state index contributed by atoms with van der Waals surface area (Å²) < 4.78 is 0. The molecule has 0 atom stereocenters. The summed E-state index contributed by atoms with van der Waals surface area (Å²) in [4.78, 5) is 16.3. The van der Waals surface area contributed by atoms with E-state index in [2.05, 4.69) is 25.8 Å². The maximum Gasteiger partial charge on any atom is 0.222 e. The third kappa shape index (κ3) is 5.04. The zero-order chi connectivity index (χ0) is 12.9. The minimum Gasteiger partial charge on any atom is -0.340 e. The molecule has 1 fully saturated rings. The SMILES string of the molecule is CN1CCN(C(=O)CCC(C)(C)CCN)CC1. The molecule has 2 N–H and O–H groups in total. The van der Waals surface area contributed by atoms with Gasteiger partial charge in [0.2, 0.25) is 5.91 Å². The van der Waals surface area contributed by atoms with Crippen LogP contribution in [0.25, 0.3) is 0 Å². The van der Waals surface area contributed by atoms with Crippen molar-refractivity contribution in [2.45, 2.75) is 33.1 Å². The summed E-state index contributed by atoms with van der Waals surface area (Å²) in [6, 6.07) is 0. The molecule has 0 saturated carbocycles. The van der Waals surface area contributed by atoms with Crippen molar-refractivity contribution in [3.05, 3.63) is 0 Å². The van der Waals surface area contributed by atoms with Crippen molar-refractivity contribution >= 4 is 5.91 Å². The maximum absolute atomic E-state index is 12.0. The number of amides is 1. The number of rotatable bonds is 5. The van der Waals surface area contributed by atoms with Crippen LogP contribution in [0.1, 0.15) is 33.1 Å². The van der Waals surface area contributed by atoms with Gasteiger partial charge < -0.3 is 15.5 Å². The molecule has 1 rings (SSSR count). The number of carbonyl (C=O) groups is 1. The van der Waals surface area contributed by atoms with Crippen LogP contribution in [0.15, 0.2) is 0 Å². The molecule has 0 aromatic rings. The van der Waals surface area contributed by atoms with Crippen molar-refractivity contribution in [1.82, 2.24) is 9.80 Å². The predicted molar refractivity (Wildman–Crippen MR) is 70.8 cm³/mol. The van der Waals surface area contributed by atoms with Crippen molar-refractivity contribution in [2.24, 2.45) is 11.1 Å². The lowest BCUT2D eigenvalue weighted by atomic mass is 9.84. The Kier molecular flexibility index (Phi) is 5.40. The highest BCUT2D eigenvalue weighted by Gasteiger charge is 2.22. The van der Waals surface area contributed by atoms with Crippen LogP contribution in [0.5, 0.6) is 0 Å². The first-order valence-corrected chi connectivity index (χ1v) is 6.61. The van der Waals surface area contributed by atoms with Gasteiger partial charge >= 0.3 is 0 Å². The molecule has 0 bridgehead atoms. The van der Waals surface area contributed by atoms with Gasteiger partial charge in [-0.1, -0.05) is 13.8 Å². The molecule has 1 saturated heterocycles. The molecule has 4 heteroatoms. The number of nitrogens with zero attached hydrogens (tertiary/aromatic N) is 2. The fourth-order valence-corrected chi connectivity index (χ4v) is 2.18. The number of likely N-dealkylation sites (N-methyl/N-ethyl adjacent to an activating group) is 1. The maximum atomic E-state index is 12.0. The number of piperazine rings is 1. The number of hydrogen-bond acceptors (Lipinski definition) is 3. The van der Waals surface area contributed by atoms with Crippen LogP contribution in [-0.4, -0.2) is 55.5 Å². The van der Waals surface area contributed by atoms with Crippen LogP contribution in [0, 0.1) is 5.41 Å². The fourth-order valence-electron chi connectivity index (χ4n) is 2.18. The summed E-state index contributed by atoms with van der Waals surface area (Å²) in [5.74, 6) is 0.309. The summed E-state index contributed by atoms with van der Waals surface area (Å²) in [7, 11) is 2.10. The van der Waals surface area contributed by atoms with Crippen LogP contribution in [-0.2, 0) is 4.79 Å². The first-order chi connectivity index (χ1) is 7.94. The topological polar surface area (TPSA) is 49.6 Å². The molecule has 0 unspecified atom stereocenters. The van der Waals surface area contributed by atoms with Gasteiger partial charge in [0.05, 0.1) is 0 Å². The first kappa shape index (κ1) is 14.5. The van der Waals surface area contributed by atoms with E-state index in [-0.39, 0.29) is 5.41 Å². The van der Waals surface area contributed by atoms with Gasteiger partial charge in [-0.2, -0.15) is 0 Å². The molecule has 0 aliphatic carbocycles. The normalized spacial score (nSPS) is 18.5. The Labute approximate surface area is 105 Å². The van der Waals surface area contributed by atoms with E-state index in [0.717, 1.165) is 39.0 Å². The Bertz CT molecular complexity index is 245. The van der Waals surface area contributed by atoms with E-state index in [0.29, 0.717) is 18.9 Å². The second-order valence-electron chi connectivity index (χ2n) is 5.89. The number of nitrogens with two attached hydrogens (primary N) is 1. The molecule has 0 radical (unpaired) electrons. The molecule has 1 amide bonds. The summed E-state index contributed by atoms with van der Waals surface area (Å²) in [5.41, 5.74) is 5.77. The Balaban J connectivity index is 2.29. The molecule has 1 aliphatic heterocycles. The number of hydrogen-bond donors (Lipinski definition) is 1. The summed E-state index contributed by atoms with van der Waals surface area (Å²) in [5, 5.41) is 0. The molecule has 17 heavy (non-hydrogen) atoms. The third-order valence-electron chi connectivity index (χ3n) is 3.69. The van der Waals surface area contributed by atoms with Crippen molar-refractivity contribution < 1.29 is 4.79 Å². The smallest absolute Gasteiger partial charge is 0.222 e. The lowest BCUT2D eigenvalue weighted by Crippen LogP contribution is -2.47. The van der Waals surface area contributed by atoms with Crippen molar-refractivity contribution in [3.63, 3.8) is 0 Å². The van der Waals surface area contributed by atoms with Gasteiger partial charge in [-0.05, 0) is 31.8 Å². The Morgan fingerprint density at radius 2 is 1.76 bits per heavy atom. The van der Waals surface area contributed by atoms with Crippen LogP contribution in [0.4, 0.5) is 0 Å². The highest BCUT2D eigenvalue weighted by molar-refractivity contribution is 5.76. The molecular weight excluding hydrogens is 214 g/mol. The average molecular weight is 241 g/mol. The molecule has 0 aromatic carbocycles. The minimum absolute atomic E-state index is 0.191. The molecule has 4 nitrogen and oxygen atoms in total. The highest BCUT2D eigenvalue weighted by atomic mass is 16.2. The third-order valence-corrected chi connectivity index (χ3v) is 3.69. The van der Waals surface area contributed by atoms with Crippen LogP contribution < -0.4 is 5.73 Å². The molecule has 0 spiro atoms. The molecule has 0 aromatic heterocycles. The summed E-state index contributed by atoms with van der Waals surface area (Å²) in [6.45, 7) is 8.85. The second-order valence-corrected chi connectivity index (χ2v) is 5.89. The molecule has 1 heterocycles. The quantitative estimate of drug-likeness (QED) is 0.778. The van der Waals surface area contributed by atoms with Gasteiger partial charge in [0, 0.05) is 32.6 Å². The monoisotopic (exact) mass is 241 g/mol. The molecular formula is C13H27N3O. The zero-order valence-electron chi connectivity index (χ0n) is 11.5. The largest absolute Gasteiger partial charge is 0.340 e. The van der Waals surface area contributed by atoms with Gasteiger partial charge in [-0.25, -0.2) is 0 Å². The van der Waals surface area contributed by atoms with E-state index in [1.807, 2.05) is 4.90 Å². The molecule has 100 valence electrons. The van der Waals surface area contributed by atoms with Gasteiger partial charge in [0.15, 0.2) is 0 Å². The Morgan fingerprint density at radius 1 is 1.18 bits per heavy atom. The van der Waals surface area contributed by atoms with Gasteiger partial charge in [-0.3, -0.25) is 4.79 Å². The van der Waals surface area contributed by atoms with E-state index in [1.165, 1.54) is 0 Å². The first-order valence-electron chi connectivity index (χ1n) is 6.61. The van der Waals surface area contributed by atoms with E-state index in [4.69, 9.17) is 5.73 Å². The summed E-state index contributed by atoms with van der Waals surface area (Å²) >= 11 is 0. The van der Waals surface area contributed by atoms with E-state index >= 15 is 0 Å². The molecule has 1 aliphatic rings. The second kappa shape index (κ2) is 6.36. The average Bonchev–Trinajstić information content (AvgIpc) is 2.27. The zero-order valence-corrected chi connectivity index (χ0v) is 11.5. The minimum atomic E-state index is 0.191. The van der Waals surface area contributed by atoms with Crippen molar-refractivity contribution in [3.8, 4) is 0 Å².